The normalized spacial score (nSPS) is 12.7. The number of nitrogens with one attached hydrogen (secondary N) is 1. The summed E-state index contributed by atoms with van der Waals surface area (Å²) in [7, 11) is 0. The minimum absolute atomic E-state index is 0.306. The van der Waals surface area contributed by atoms with Crippen molar-refractivity contribution in [1.29, 1.82) is 0 Å². The Bertz CT molecular complexity index is 1430. The van der Waals surface area contributed by atoms with Gasteiger partial charge in [-0.25, -0.2) is 4.98 Å². The fourth-order valence-corrected chi connectivity index (χ4v) is 4.79. The molecule has 0 spiro atoms. The van der Waals surface area contributed by atoms with E-state index >= 15 is 0 Å². The van der Waals surface area contributed by atoms with Crippen molar-refractivity contribution in [2.75, 3.05) is 11.9 Å². The summed E-state index contributed by atoms with van der Waals surface area (Å²) in [4.78, 5) is 9.87. The lowest BCUT2D eigenvalue weighted by molar-refractivity contribution is -0.137. The molecule has 2 aromatic carbocycles. The van der Waals surface area contributed by atoms with E-state index in [1.54, 1.807) is 12.5 Å². The third kappa shape index (κ3) is 5.21. The summed E-state index contributed by atoms with van der Waals surface area (Å²) in [6.07, 6.45) is 1.28. The van der Waals surface area contributed by atoms with Crippen molar-refractivity contribution in [2.45, 2.75) is 18.6 Å². The number of hydrogen-bond donors (Lipinski definition) is 2. The fourth-order valence-electron chi connectivity index (χ4n) is 3.82. The van der Waals surface area contributed by atoms with Crippen molar-refractivity contribution in [2.24, 2.45) is 5.73 Å². The van der Waals surface area contributed by atoms with E-state index in [2.05, 4.69) is 16.4 Å². The number of thiazole rings is 1. The van der Waals surface area contributed by atoms with Gasteiger partial charge < -0.3 is 15.5 Å². The predicted molar refractivity (Wildman–Crippen MR) is 132 cm³/mol. The second-order valence-electron chi connectivity index (χ2n) is 8.15. The number of hydrogen-bond acceptors (Lipinski definition) is 6. The Morgan fingerprint density at radius 1 is 1.03 bits per heavy atom. The standard InChI is InChI=1S/C26H21F3N4OS/c27-26(28,29)20-7-3-16(4-8-20)12-21(30)15-32-25-33-23(22-2-1-11-34-22)24(35-25)18-5-6-19-14-31-10-9-17(19)13-18/h1-11,13-14,21H,12,15,30H2,(H,32,33). The largest absolute Gasteiger partial charge is 0.463 e. The van der Waals surface area contributed by atoms with Crippen LogP contribution in [-0.4, -0.2) is 22.6 Å². The van der Waals surface area contributed by atoms with Crippen molar-refractivity contribution in [1.82, 2.24) is 9.97 Å². The van der Waals surface area contributed by atoms with Crippen molar-refractivity contribution >= 4 is 27.2 Å². The first kappa shape index (κ1) is 23.1. The molecule has 178 valence electrons. The zero-order valence-corrected chi connectivity index (χ0v) is 19.2. The summed E-state index contributed by atoms with van der Waals surface area (Å²) in [6, 6.07) is 16.6. The zero-order chi connectivity index (χ0) is 24.4. The molecule has 1 unspecified atom stereocenters. The van der Waals surface area contributed by atoms with Crippen LogP contribution in [0.15, 0.2) is 83.7 Å². The molecule has 0 saturated heterocycles. The van der Waals surface area contributed by atoms with Gasteiger partial charge in [0.05, 0.1) is 16.7 Å². The zero-order valence-electron chi connectivity index (χ0n) is 18.4. The highest BCUT2D eigenvalue weighted by atomic mass is 32.1. The summed E-state index contributed by atoms with van der Waals surface area (Å²) >= 11 is 1.49. The first-order valence-electron chi connectivity index (χ1n) is 10.9. The van der Waals surface area contributed by atoms with Crippen molar-refractivity contribution < 1.29 is 17.6 Å². The molecule has 5 nitrogen and oxygen atoms in total. The van der Waals surface area contributed by atoms with E-state index in [-0.39, 0.29) is 6.04 Å². The van der Waals surface area contributed by atoms with Crippen molar-refractivity contribution in [3.63, 3.8) is 0 Å². The predicted octanol–water partition coefficient (Wildman–Crippen LogP) is 6.62. The molecule has 0 aliphatic carbocycles. The molecular formula is C26H21F3N4OS. The highest BCUT2D eigenvalue weighted by molar-refractivity contribution is 7.19. The summed E-state index contributed by atoms with van der Waals surface area (Å²) in [6.45, 7) is 0.412. The minimum Gasteiger partial charge on any atom is -0.463 e. The number of benzene rings is 2. The van der Waals surface area contributed by atoms with E-state index in [4.69, 9.17) is 15.1 Å². The number of aromatic nitrogens is 2. The molecule has 0 fully saturated rings. The van der Waals surface area contributed by atoms with Gasteiger partial charge in [-0.3, -0.25) is 4.98 Å². The van der Waals surface area contributed by atoms with Gasteiger partial charge in [0, 0.05) is 30.4 Å². The van der Waals surface area contributed by atoms with Crippen LogP contribution < -0.4 is 11.1 Å². The van der Waals surface area contributed by atoms with Gasteiger partial charge in [0.15, 0.2) is 10.9 Å². The van der Waals surface area contributed by atoms with Crippen LogP contribution in [0.4, 0.5) is 18.3 Å². The minimum atomic E-state index is -4.35. The van der Waals surface area contributed by atoms with Gasteiger partial charge in [0.25, 0.3) is 0 Å². The molecule has 5 rings (SSSR count). The number of nitrogens with zero attached hydrogens (tertiary/aromatic N) is 2. The molecule has 0 amide bonds. The number of pyridine rings is 1. The number of furan rings is 1. The van der Waals surface area contributed by atoms with Crippen LogP contribution in [0.2, 0.25) is 0 Å². The van der Waals surface area contributed by atoms with Crippen LogP contribution in [0.5, 0.6) is 0 Å². The van der Waals surface area contributed by atoms with Crippen LogP contribution >= 0.6 is 11.3 Å². The molecular weight excluding hydrogens is 473 g/mol. The third-order valence-electron chi connectivity index (χ3n) is 5.58. The van der Waals surface area contributed by atoms with E-state index < -0.39 is 11.7 Å². The Balaban J connectivity index is 1.34. The summed E-state index contributed by atoms with van der Waals surface area (Å²) in [5, 5.41) is 6.09. The first-order valence-corrected chi connectivity index (χ1v) is 11.7. The van der Waals surface area contributed by atoms with Crippen LogP contribution in [0.3, 0.4) is 0 Å². The molecule has 0 bridgehead atoms. The SMILES string of the molecule is NC(CNc1nc(-c2ccco2)c(-c2ccc3cnccc3c2)s1)Cc1ccc(C(F)(F)F)cc1. The lowest BCUT2D eigenvalue weighted by Gasteiger charge is -2.13. The molecule has 9 heteroatoms. The molecule has 3 N–H and O–H groups in total. The van der Waals surface area contributed by atoms with E-state index in [1.165, 1.54) is 23.5 Å². The van der Waals surface area contributed by atoms with Gasteiger partial charge in [-0.2, -0.15) is 13.2 Å². The lowest BCUT2D eigenvalue weighted by Crippen LogP contribution is -2.31. The Hall–Kier alpha value is -3.69. The first-order chi connectivity index (χ1) is 16.9. The van der Waals surface area contributed by atoms with Gasteiger partial charge in [0.2, 0.25) is 0 Å². The molecule has 3 aromatic heterocycles. The number of anilines is 1. The lowest BCUT2D eigenvalue weighted by atomic mass is 10.0. The number of rotatable bonds is 7. The molecule has 3 heterocycles. The number of nitrogens with two attached hydrogens (primary N) is 1. The topological polar surface area (TPSA) is 77.0 Å². The quantitative estimate of drug-likeness (QED) is 0.266. The van der Waals surface area contributed by atoms with Crippen LogP contribution in [0, 0.1) is 0 Å². The van der Waals surface area contributed by atoms with E-state index in [0.717, 1.165) is 44.6 Å². The van der Waals surface area contributed by atoms with Gasteiger partial charge >= 0.3 is 6.18 Å². The number of fused-ring (bicyclic) bond motifs is 1. The third-order valence-corrected chi connectivity index (χ3v) is 6.64. The van der Waals surface area contributed by atoms with Crippen LogP contribution in [0.25, 0.3) is 32.7 Å². The van der Waals surface area contributed by atoms with Crippen LogP contribution in [-0.2, 0) is 12.6 Å². The maximum absolute atomic E-state index is 12.8. The van der Waals surface area contributed by atoms with E-state index in [9.17, 15) is 13.2 Å². The fraction of sp³-hybridized carbons (Fsp3) is 0.154. The Labute approximate surface area is 203 Å². The number of alkyl halides is 3. The summed E-state index contributed by atoms with van der Waals surface area (Å²) in [5.41, 5.74) is 8.07. The van der Waals surface area contributed by atoms with Gasteiger partial charge in [-0.1, -0.05) is 35.6 Å². The van der Waals surface area contributed by atoms with Gasteiger partial charge in [-0.15, -0.1) is 0 Å². The maximum atomic E-state index is 12.8. The molecule has 0 aliphatic heterocycles. The Kier molecular flexibility index (Phi) is 6.27. The summed E-state index contributed by atoms with van der Waals surface area (Å²) in [5.74, 6) is 0.660. The monoisotopic (exact) mass is 494 g/mol. The van der Waals surface area contributed by atoms with E-state index in [1.807, 2.05) is 36.5 Å². The average Bonchev–Trinajstić information content (AvgIpc) is 3.52. The van der Waals surface area contributed by atoms with Crippen molar-refractivity contribution in [3.8, 4) is 21.9 Å². The van der Waals surface area contributed by atoms with Gasteiger partial charge in [0.1, 0.15) is 5.69 Å². The van der Waals surface area contributed by atoms with Gasteiger partial charge in [-0.05, 0) is 59.3 Å². The molecule has 0 aliphatic rings. The Morgan fingerprint density at radius 2 is 1.86 bits per heavy atom. The van der Waals surface area contributed by atoms with Crippen LogP contribution in [0.1, 0.15) is 11.1 Å². The van der Waals surface area contributed by atoms with Crippen molar-refractivity contribution in [3.05, 3.63) is 90.4 Å². The number of halogens is 3. The second-order valence-corrected chi connectivity index (χ2v) is 9.15. The second kappa shape index (κ2) is 9.52. The van der Waals surface area contributed by atoms with E-state index in [0.29, 0.717) is 23.9 Å². The highest BCUT2D eigenvalue weighted by Gasteiger charge is 2.30. The molecule has 0 radical (unpaired) electrons. The molecule has 1 atom stereocenters. The average molecular weight is 495 g/mol. The Morgan fingerprint density at radius 3 is 2.60 bits per heavy atom. The maximum Gasteiger partial charge on any atom is 0.416 e. The summed E-state index contributed by atoms with van der Waals surface area (Å²) < 4.78 is 44.0. The molecule has 0 saturated carbocycles. The molecule has 35 heavy (non-hydrogen) atoms. The molecule has 5 aromatic rings. The smallest absolute Gasteiger partial charge is 0.416 e. The highest BCUT2D eigenvalue weighted by Crippen LogP contribution is 2.40.